The van der Waals surface area contributed by atoms with E-state index in [1.807, 2.05) is 23.1 Å². The predicted octanol–water partition coefficient (Wildman–Crippen LogP) is 5.92. The lowest BCUT2D eigenvalue weighted by atomic mass is 10.0. The van der Waals surface area contributed by atoms with E-state index in [9.17, 15) is 4.79 Å². The third kappa shape index (κ3) is 4.18. The molecule has 4 aromatic rings. The normalized spacial score (nSPS) is 15.5. The van der Waals surface area contributed by atoms with Crippen molar-refractivity contribution in [2.24, 2.45) is 0 Å². The van der Waals surface area contributed by atoms with Gasteiger partial charge in [-0.3, -0.25) is 4.79 Å². The number of anilines is 1. The summed E-state index contributed by atoms with van der Waals surface area (Å²) >= 11 is 6.58. The molecule has 2 aliphatic rings. The molecule has 2 aromatic carbocycles. The lowest BCUT2D eigenvalue weighted by Gasteiger charge is -2.22. The number of carbonyl (C=O) groups excluding carboxylic acids is 1. The summed E-state index contributed by atoms with van der Waals surface area (Å²) in [5.41, 5.74) is 3.93. The number of hydrogen-bond acceptors (Lipinski definition) is 5. The Morgan fingerprint density at radius 2 is 1.88 bits per heavy atom. The van der Waals surface area contributed by atoms with Crippen LogP contribution in [-0.2, 0) is 6.54 Å². The lowest BCUT2D eigenvalue weighted by molar-refractivity contribution is 0.0697. The van der Waals surface area contributed by atoms with Gasteiger partial charge >= 0.3 is 0 Å². The van der Waals surface area contributed by atoms with Crippen molar-refractivity contribution in [2.45, 2.75) is 44.3 Å². The highest BCUT2D eigenvalue weighted by atomic mass is 35.5. The molecule has 166 valence electrons. The molecule has 0 saturated heterocycles. The lowest BCUT2D eigenvalue weighted by Crippen LogP contribution is -2.32. The fourth-order valence-corrected chi connectivity index (χ4v) is 4.30. The SMILES string of the molecule is O=C(c1ccco1)N(Cc1cc(-c2ccc3ncnc(NC4CC4)c3c2)ccc1Cl)C1CC1. The van der Waals surface area contributed by atoms with E-state index in [1.165, 1.54) is 19.1 Å². The highest BCUT2D eigenvalue weighted by Gasteiger charge is 2.34. The first-order valence-corrected chi connectivity index (χ1v) is 11.7. The van der Waals surface area contributed by atoms with Crippen molar-refractivity contribution >= 4 is 34.2 Å². The summed E-state index contributed by atoms with van der Waals surface area (Å²) < 4.78 is 5.36. The number of nitrogens with one attached hydrogen (secondary N) is 1. The molecule has 0 bridgehead atoms. The van der Waals surface area contributed by atoms with Crippen molar-refractivity contribution in [3.8, 4) is 11.1 Å². The summed E-state index contributed by atoms with van der Waals surface area (Å²) in [5, 5.41) is 5.16. The Kier molecular flexibility index (Phi) is 5.03. The van der Waals surface area contributed by atoms with Gasteiger partial charge in [-0.1, -0.05) is 23.7 Å². The maximum Gasteiger partial charge on any atom is 0.290 e. The number of furan rings is 1. The van der Waals surface area contributed by atoms with Gasteiger partial charge in [-0.25, -0.2) is 9.97 Å². The minimum absolute atomic E-state index is 0.0948. The van der Waals surface area contributed by atoms with Crippen LogP contribution in [0.2, 0.25) is 5.02 Å². The van der Waals surface area contributed by atoms with Crippen LogP contribution in [0.25, 0.3) is 22.0 Å². The highest BCUT2D eigenvalue weighted by Crippen LogP contribution is 2.34. The van der Waals surface area contributed by atoms with E-state index in [1.54, 1.807) is 18.5 Å². The smallest absolute Gasteiger partial charge is 0.290 e. The van der Waals surface area contributed by atoms with Crippen LogP contribution in [0.15, 0.2) is 65.5 Å². The maximum atomic E-state index is 13.0. The highest BCUT2D eigenvalue weighted by molar-refractivity contribution is 6.31. The van der Waals surface area contributed by atoms with Crippen molar-refractivity contribution in [1.82, 2.24) is 14.9 Å². The Morgan fingerprint density at radius 3 is 2.64 bits per heavy atom. The molecule has 0 spiro atoms. The van der Waals surface area contributed by atoms with Gasteiger partial charge in [0.15, 0.2) is 5.76 Å². The molecule has 0 unspecified atom stereocenters. The number of benzene rings is 2. The van der Waals surface area contributed by atoms with Gasteiger partial charge in [0.25, 0.3) is 5.91 Å². The van der Waals surface area contributed by atoms with E-state index < -0.39 is 0 Å². The van der Waals surface area contributed by atoms with Gasteiger partial charge < -0.3 is 14.6 Å². The summed E-state index contributed by atoms with van der Waals surface area (Å²) in [6.07, 6.45) is 7.51. The average molecular weight is 459 g/mol. The Labute approximate surface area is 196 Å². The van der Waals surface area contributed by atoms with E-state index >= 15 is 0 Å². The number of halogens is 1. The second kappa shape index (κ2) is 8.19. The molecule has 0 radical (unpaired) electrons. The van der Waals surface area contributed by atoms with Crippen LogP contribution in [0.5, 0.6) is 0 Å². The van der Waals surface area contributed by atoms with Gasteiger partial charge in [-0.2, -0.15) is 0 Å². The first kappa shape index (κ1) is 20.2. The number of fused-ring (bicyclic) bond motifs is 1. The zero-order valence-electron chi connectivity index (χ0n) is 18.0. The first-order chi connectivity index (χ1) is 16.2. The fraction of sp³-hybridized carbons (Fsp3) is 0.269. The number of hydrogen-bond donors (Lipinski definition) is 1. The molecule has 2 aliphatic carbocycles. The zero-order valence-corrected chi connectivity index (χ0v) is 18.8. The summed E-state index contributed by atoms with van der Waals surface area (Å²) in [7, 11) is 0. The largest absolute Gasteiger partial charge is 0.459 e. The molecular formula is C26H23ClN4O2. The van der Waals surface area contributed by atoms with E-state index in [4.69, 9.17) is 16.0 Å². The average Bonchev–Trinajstić information content (AvgIpc) is 3.77. The van der Waals surface area contributed by atoms with Crippen molar-refractivity contribution in [1.29, 1.82) is 0 Å². The molecule has 2 aromatic heterocycles. The van der Waals surface area contributed by atoms with E-state index in [0.717, 1.165) is 46.3 Å². The number of nitrogens with zero attached hydrogens (tertiary/aromatic N) is 3. The zero-order chi connectivity index (χ0) is 22.4. The quantitative estimate of drug-likeness (QED) is 0.372. The van der Waals surface area contributed by atoms with Crippen LogP contribution in [0, 0.1) is 0 Å². The van der Waals surface area contributed by atoms with Crippen LogP contribution in [0.4, 0.5) is 5.82 Å². The molecule has 2 heterocycles. The first-order valence-electron chi connectivity index (χ1n) is 11.3. The minimum Gasteiger partial charge on any atom is -0.459 e. The maximum absolute atomic E-state index is 13.0. The molecule has 2 fully saturated rings. The second-order valence-electron chi connectivity index (χ2n) is 8.82. The van der Waals surface area contributed by atoms with Crippen LogP contribution < -0.4 is 5.32 Å². The Bertz CT molecular complexity index is 1330. The second-order valence-corrected chi connectivity index (χ2v) is 9.23. The van der Waals surface area contributed by atoms with Crippen molar-refractivity contribution in [2.75, 3.05) is 5.32 Å². The standard InChI is InChI=1S/C26H23ClN4O2/c27-22-9-3-16(12-18(22)14-31(20-7-8-20)26(32)24-2-1-11-33-24)17-4-10-23-21(13-17)25(29-15-28-23)30-19-5-6-19/h1-4,9-13,15,19-20H,5-8,14H2,(H,28,29,30). The minimum atomic E-state index is -0.0948. The Hall–Kier alpha value is -3.38. The van der Waals surface area contributed by atoms with Gasteiger partial charge in [0.05, 0.1) is 11.8 Å². The summed E-state index contributed by atoms with van der Waals surface area (Å²) in [4.78, 5) is 23.8. The van der Waals surface area contributed by atoms with Gasteiger partial charge in [-0.15, -0.1) is 0 Å². The molecule has 1 N–H and O–H groups in total. The van der Waals surface area contributed by atoms with Crippen LogP contribution in [0.1, 0.15) is 41.8 Å². The number of carbonyl (C=O) groups is 1. The predicted molar refractivity (Wildman–Crippen MR) is 128 cm³/mol. The van der Waals surface area contributed by atoms with E-state index in [0.29, 0.717) is 23.4 Å². The number of aromatic nitrogens is 2. The molecule has 0 atom stereocenters. The van der Waals surface area contributed by atoms with Crippen LogP contribution in [-0.4, -0.2) is 32.9 Å². The van der Waals surface area contributed by atoms with Gasteiger partial charge in [0.2, 0.25) is 0 Å². The van der Waals surface area contributed by atoms with Gasteiger partial charge in [0.1, 0.15) is 12.1 Å². The molecular weight excluding hydrogens is 436 g/mol. The van der Waals surface area contributed by atoms with Gasteiger partial charge in [-0.05, 0) is 78.8 Å². The Morgan fingerprint density at radius 1 is 1.06 bits per heavy atom. The van der Waals surface area contributed by atoms with Crippen LogP contribution >= 0.6 is 11.6 Å². The molecule has 0 aliphatic heterocycles. The topological polar surface area (TPSA) is 71.3 Å². The molecule has 6 nitrogen and oxygen atoms in total. The molecule has 1 amide bonds. The van der Waals surface area contributed by atoms with Crippen LogP contribution in [0.3, 0.4) is 0 Å². The number of rotatable bonds is 7. The molecule has 33 heavy (non-hydrogen) atoms. The third-order valence-electron chi connectivity index (χ3n) is 6.25. The molecule has 7 heteroatoms. The van der Waals surface area contributed by atoms with Crippen molar-refractivity contribution in [3.05, 3.63) is 77.5 Å². The summed E-state index contributed by atoms with van der Waals surface area (Å²) in [6, 6.07) is 16.4. The monoisotopic (exact) mass is 458 g/mol. The van der Waals surface area contributed by atoms with E-state index in [-0.39, 0.29) is 11.9 Å². The Balaban J connectivity index is 1.33. The summed E-state index contributed by atoms with van der Waals surface area (Å²) in [5.74, 6) is 1.14. The van der Waals surface area contributed by atoms with Gasteiger partial charge in [0, 0.05) is 29.0 Å². The molecule has 6 rings (SSSR count). The number of amides is 1. The fourth-order valence-electron chi connectivity index (χ4n) is 4.13. The van der Waals surface area contributed by atoms with Crippen molar-refractivity contribution < 1.29 is 9.21 Å². The van der Waals surface area contributed by atoms with E-state index in [2.05, 4.69) is 33.5 Å². The summed E-state index contributed by atoms with van der Waals surface area (Å²) in [6.45, 7) is 0.446. The van der Waals surface area contributed by atoms with Crippen molar-refractivity contribution in [3.63, 3.8) is 0 Å². The third-order valence-corrected chi connectivity index (χ3v) is 6.62. The molecule has 2 saturated carbocycles.